The molecule has 0 amide bonds. The second kappa shape index (κ2) is 7.09. The molecule has 3 N–H and O–H groups in total. The number of nitrogens with two attached hydrogens (primary N) is 1. The largest absolute Gasteiger partial charge is 0.324 e. The molecule has 1 saturated carbocycles. The Kier molecular flexibility index (Phi) is 6.28. The maximum absolute atomic E-state index is 12.1. The van der Waals surface area contributed by atoms with E-state index in [1.807, 2.05) is 0 Å². The molecule has 1 aliphatic carbocycles. The zero-order chi connectivity index (χ0) is 13.9. The molecule has 1 aromatic rings. The first-order valence-corrected chi connectivity index (χ1v) is 8.32. The molecule has 0 bridgehead atoms. The Bertz CT molecular complexity index is 543. The minimum absolute atomic E-state index is 0. The molecule has 0 aliphatic heterocycles. The number of sulfonamides is 1. The summed E-state index contributed by atoms with van der Waals surface area (Å²) in [6.45, 7) is 0.280. The summed E-state index contributed by atoms with van der Waals surface area (Å²) >= 11 is 5.81. The first-order chi connectivity index (χ1) is 8.91. The Morgan fingerprint density at radius 3 is 2.50 bits per heavy atom. The van der Waals surface area contributed by atoms with Gasteiger partial charge in [0.15, 0.2) is 0 Å². The fraction of sp³-hybridized carbons (Fsp3) is 0.538. The van der Waals surface area contributed by atoms with Gasteiger partial charge in [-0.1, -0.05) is 36.9 Å². The van der Waals surface area contributed by atoms with E-state index in [1.165, 1.54) is 18.6 Å². The van der Waals surface area contributed by atoms with Crippen LogP contribution in [-0.4, -0.2) is 20.5 Å². The van der Waals surface area contributed by atoms with Gasteiger partial charge >= 0.3 is 0 Å². The molecule has 0 saturated heterocycles. The second-order valence-electron chi connectivity index (χ2n) is 5.20. The maximum atomic E-state index is 12.1. The zero-order valence-corrected chi connectivity index (χ0v) is 13.5. The lowest BCUT2D eigenvalue weighted by atomic mass is 9.83. The van der Waals surface area contributed by atoms with Crippen LogP contribution in [0.25, 0.3) is 0 Å². The highest BCUT2D eigenvalue weighted by Gasteiger charge is 2.29. The molecule has 20 heavy (non-hydrogen) atoms. The molecule has 0 atom stereocenters. The van der Waals surface area contributed by atoms with Gasteiger partial charge in [-0.15, -0.1) is 12.4 Å². The third kappa shape index (κ3) is 4.60. The Balaban J connectivity index is 0.00000200. The quantitative estimate of drug-likeness (QED) is 0.886. The summed E-state index contributed by atoms with van der Waals surface area (Å²) in [5, 5.41) is 0.406. The third-order valence-electron chi connectivity index (χ3n) is 3.57. The average Bonchev–Trinajstić information content (AvgIpc) is 2.38. The van der Waals surface area contributed by atoms with Crippen LogP contribution in [0.4, 0.5) is 0 Å². The minimum Gasteiger partial charge on any atom is -0.324 e. The highest BCUT2D eigenvalue weighted by Crippen LogP contribution is 2.25. The van der Waals surface area contributed by atoms with Crippen molar-refractivity contribution in [3.05, 3.63) is 29.3 Å². The Hall–Kier alpha value is -0.330. The van der Waals surface area contributed by atoms with Crippen molar-refractivity contribution in [2.75, 3.05) is 6.54 Å². The standard InChI is InChI=1S/C13H19ClN2O2S.ClH/c14-11-5-4-6-12(9-11)19(17,18)16-10-13(15)7-2-1-3-8-13;/h4-6,9,16H,1-3,7-8,10,15H2;1H. The topological polar surface area (TPSA) is 72.2 Å². The van der Waals surface area contributed by atoms with Gasteiger partial charge in [0.05, 0.1) is 4.90 Å². The van der Waals surface area contributed by atoms with Gasteiger partial charge in [0.2, 0.25) is 10.0 Å². The van der Waals surface area contributed by atoms with Crippen molar-refractivity contribution in [3.8, 4) is 0 Å². The Morgan fingerprint density at radius 2 is 1.90 bits per heavy atom. The lowest BCUT2D eigenvalue weighted by Crippen LogP contribution is -2.51. The molecular weight excluding hydrogens is 319 g/mol. The van der Waals surface area contributed by atoms with E-state index in [0.717, 1.165) is 25.7 Å². The molecule has 0 spiro atoms. The van der Waals surface area contributed by atoms with Gasteiger partial charge in [0.1, 0.15) is 0 Å². The Morgan fingerprint density at radius 1 is 1.25 bits per heavy atom. The molecule has 4 nitrogen and oxygen atoms in total. The molecular formula is C13H20Cl2N2O2S. The van der Waals surface area contributed by atoms with E-state index in [2.05, 4.69) is 4.72 Å². The van der Waals surface area contributed by atoms with Gasteiger partial charge in [0.25, 0.3) is 0 Å². The number of hydrogen-bond acceptors (Lipinski definition) is 3. The highest BCUT2D eigenvalue weighted by molar-refractivity contribution is 7.89. The molecule has 114 valence electrons. The van der Waals surface area contributed by atoms with Crippen molar-refractivity contribution in [2.45, 2.75) is 42.5 Å². The molecule has 7 heteroatoms. The van der Waals surface area contributed by atoms with Gasteiger partial charge in [0, 0.05) is 17.1 Å². The molecule has 1 aliphatic rings. The van der Waals surface area contributed by atoms with E-state index >= 15 is 0 Å². The van der Waals surface area contributed by atoms with Crippen molar-refractivity contribution in [2.24, 2.45) is 5.73 Å². The summed E-state index contributed by atoms with van der Waals surface area (Å²) in [5.74, 6) is 0. The van der Waals surface area contributed by atoms with E-state index in [-0.39, 0.29) is 23.8 Å². The SMILES string of the molecule is Cl.NC1(CNS(=O)(=O)c2cccc(Cl)c2)CCCCC1. The smallest absolute Gasteiger partial charge is 0.240 e. The highest BCUT2D eigenvalue weighted by atomic mass is 35.5. The van der Waals surface area contributed by atoms with Crippen LogP contribution in [0.1, 0.15) is 32.1 Å². The van der Waals surface area contributed by atoms with E-state index in [0.29, 0.717) is 5.02 Å². The fourth-order valence-corrected chi connectivity index (χ4v) is 3.83. The van der Waals surface area contributed by atoms with Crippen LogP contribution in [0, 0.1) is 0 Å². The Labute approximate surface area is 131 Å². The summed E-state index contributed by atoms with van der Waals surface area (Å²) in [5.41, 5.74) is 5.81. The van der Waals surface area contributed by atoms with Crippen LogP contribution < -0.4 is 10.5 Å². The number of rotatable bonds is 4. The summed E-state index contributed by atoms with van der Waals surface area (Å²) in [4.78, 5) is 0.180. The van der Waals surface area contributed by atoms with Gasteiger partial charge in [-0.05, 0) is 31.0 Å². The lowest BCUT2D eigenvalue weighted by molar-refractivity contribution is 0.296. The van der Waals surface area contributed by atoms with Crippen LogP contribution in [0.5, 0.6) is 0 Å². The lowest BCUT2D eigenvalue weighted by Gasteiger charge is -2.33. The van der Waals surface area contributed by atoms with Gasteiger partial charge in [-0.25, -0.2) is 13.1 Å². The fourth-order valence-electron chi connectivity index (χ4n) is 2.39. The maximum Gasteiger partial charge on any atom is 0.240 e. The van der Waals surface area contributed by atoms with Crippen LogP contribution >= 0.6 is 24.0 Å². The predicted octanol–water partition coefficient (Wildman–Crippen LogP) is 2.70. The zero-order valence-electron chi connectivity index (χ0n) is 11.1. The average molecular weight is 339 g/mol. The number of benzene rings is 1. The third-order valence-corrected chi connectivity index (χ3v) is 5.20. The predicted molar refractivity (Wildman–Crippen MR) is 83.9 cm³/mol. The van der Waals surface area contributed by atoms with E-state index in [9.17, 15) is 8.42 Å². The van der Waals surface area contributed by atoms with E-state index in [1.54, 1.807) is 12.1 Å². The monoisotopic (exact) mass is 338 g/mol. The van der Waals surface area contributed by atoms with E-state index < -0.39 is 15.6 Å². The first-order valence-electron chi connectivity index (χ1n) is 6.45. The van der Waals surface area contributed by atoms with Crippen LogP contribution in [-0.2, 0) is 10.0 Å². The number of hydrogen-bond donors (Lipinski definition) is 2. The molecule has 1 aromatic carbocycles. The summed E-state index contributed by atoms with van der Waals surface area (Å²) < 4.78 is 26.9. The normalized spacial score (nSPS) is 18.3. The molecule has 0 heterocycles. The van der Waals surface area contributed by atoms with Crippen molar-refractivity contribution >= 4 is 34.0 Å². The van der Waals surface area contributed by atoms with Crippen molar-refractivity contribution in [1.29, 1.82) is 0 Å². The molecule has 0 aromatic heterocycles. The molecule has 0 unspecified atom stereocenters. The van der Waals surface area contributed by atoms with Crippen LogP contribution in [0.15, 0.2) is 29.2 Å². The minimum atomic E-state index is -3.53. The van der Waals surface area contributed by atoms with Gasteiger partial charge in [-0.2, -0.15) is 0 Å². The second-order valence-corrected chi connectivity index (χ2v) is 7.41. The first kappa shape index (κ1) is 17.7. The van der Waals surface area contributed by atoms with Gasteiger partial charge < -0.3 is 5.73 Å². The van der Waals surface area contributed by atoms with Crippen molar-refractivity contribution in [3.63, 3.8) is 0 Å². The van der Waals surface area contributed by atoms with Gasteiger partial charge in [-0.3, -0.25) is 0 Å². The summed E-state index contributed by atoms with van der Waals surface area (Å²) in [6.07, 6.45) is 5.04. The molecule has 2 rings (SSSR count). The van der Waals surface area contributed by atoms with Crippen molar-refractivity contribution < 1.29 is 8.42 Å². The summed E-state index contributed by atoms with van der Waals surface area (Å²) in [6, 6.07) is 6.23. The van der Waals surface area contributed by atoms with Crippen LogP contribution in [0.3, 0.4) is 0 Å². The van der Waals surface area contributed by atoms with Crippen molar-refractivity contribution in [1.82, 2.24) is 4.72 Å². The number of halogens is 2. The van der Waals surface area contributed by atoms with Crippen LogP contribution in [0.2, 0.25) is 5.02 Å². The summed E-state index contributed by atoms with van der Waals surface area (Å²) in [7, 11) is -3.53. The van der Waals surface area contributed by atoms with E-state index in [4.69, 9.17) is 17.3 Å². The molecule has 1 fully saturated rings. The molecule has 0 radical (unpaired) electrons. The number of nitrogens with one attached hydrogen (secondary N) is 1.